The van der Waals surface area contributed by atoms with Crippen LogP contribution in [0.5, 0.6) is 0 Å². The van der Waals surface area contributed by atoms with Gasteiger partial charge in [-0.1, -0.05) is 12.8 Å². The maximum absolute atomic E-state index is 15.0. The largest absolute Gasteiger partial charge is 0.404 e. The second-order valence-corrected chi connectivity index (χ2v) is 7.35. The zero-order chi connectivity index (χ0) is 19.6. The number of rotatable bonds is 5. The van der Waals surface area contributed by atoms with Crippen LogP contribution in [0.3, 0.4) is 0 Å². The molecule has 1 aromatic rings. The summed E-state index contributed by atoms with van der Waals surface area (Å²) in [6.45, 7) is 3.98. The molecule has 146 valence electrons. The van der Waals surface area contributed by atoms with E-state index in [0.29, 0.717) is 16.8 Å². The Balaban J connectivity index is 2.04. The molecule has 8 heteroatoms. The number of hydrogen-bond acceptors (Lipinski definition) is 6. The fourth-order valence-corrected chi connectivity index (χ4v) is 3.51. The maximum atomic E-state index is 15.0. The summed E-state index contributed by atoms with van der Waals surface area (Å²) in [6, 6.07) is -0.0464. The van der Waals surface area contributed by atoms with Gasteiger partial charge in [-0.2, -0.15) is 0 Å². The SMILES string of the molecule is CC(C)N=CC(=CN)c1nc(NC2CCCCC2N)c(F)c2c1C(=O)NC2. The summed E-state index contributed by atoms with van der Waals surface area (Å²) in [6.07, 6.45) is 6.79. The summed E-state index contributed by atoms with van der Waals surface area (Å²) in [5, 5.41) is 5.83. The molecule has 2 aliphatic rings. The smallest absolute Gasteiger partial charge is 0.254 e. The molecule has 1 aliphatic heterocycles. The molecule has 1 aliphatic carbocycles. The van der Waals surface area contributed by atoms with E-state index in [1.54, 1.807) is 6.21 Å². The predicted molar refractivity (Wildman–Crippen MR) is 105 cm³/mol. The van der Waals surface area contributed by atoms with Crippen molar-refractivity contribution in [2.24, 2.45) is 16.5 Å². The minimum Gasteiger partial charge on any atom is -0.404 e. The van der Waals surface area contributed by atoms with Crippen LogP contribution in [-0.4, -0.2) is 35.2 Å². The molecule has 2 heterocycles. The molecule has 6 N–H and O–H groups in total. The Morgan fingerprint density at radius 3 is 2.81 bits per heavy atom. The molecule has 0 bridgehead atoms. The number of aromatic nitrogens is 1. The van der Waals surface area contributed by atoms with Crippen molar-refractivity contribution in [1.29, 1.82) is 0 Å². The number of anilines is 1. The van der Waals surface area contributed by atoms with Crippen LogP contribution in [0, 0.1) is 5.82 Å². The Bertz CT molecular complexity index is 789. The normalized spacial score (nSPS) is 23.0. The van der Waals surface area contributed by atoms with Gasteiger partial charge < -0.3 is 22.1 Å². The standard InChI is InChI=1S/C19H27FN6O/c1-10(2)23-8-11(7-21)17-15-12(9-24-19(15)27)16(20)18(26-17)25-14-6-4-3-5-13(14)22/h7-8,10,13-14H,3-6,9,21-22H2,1-2H3,(H,24,27)(H,25,26). The third-order valence-electron chi connectivity index (χ3n) is 4.99. The lowest BCUT2D eigenvalue weighted by molar-refractivity contribution is 0.0965. The Labute approximate surface area is 158 Å². The number of halogens is 1. The quantitative estimate of drug-likeness (QED) is 0.587. The van der Waals surface area contributed by atoms with E-state index in [0.717, 1.165) is 25.7 Å². The van der Waals surface area contributed by atoms with Crippen molar-refractivity contribution < 1.29 is 9.18 Å². The van der Waals surface area contributed by atoms with Crippen molar-refractivity contribution in [2.75, 3.05) is 5.32 Å². The molecule has 1 saturated carbocycles. The lowest BCUT2D eigenvalue weighted by Gasteiger charge is -2.30. The Morgan fingerprint density at radius 1 is 1.41 bits per heavy atom. The van der Waals surface area contributed by atoms with E-state index < -0.39 is 5.82 Å². The molecule has 0 radical (unpaired) electrons. The number of aliphatic imine (C=N–C) groups is 1. The Hall–Kier alpha value is -2.48. The molecule has 0 spiro atoms. The Morgan fingerprint density at radius 2 is 2.15 bits per heavy atom. The fraction of sp³-hybridized carbons (Fsp3) is 0.526. The summed E-state index contributed by atoms with van der Waals surface area (Å²) >= 11 is 0. The van der Waals surface area contributed by atoms with Crippen molar-refractivity contribution in [3.63, 3.8) is 0 Å². The average Bonchev–Trinajstić information content (AvgIpc) is 3.02. The minimum atomic E-state index is -0.512. The molecule has 1 aromatic heterocycles. The first-order valence-electron chi connectivity index (χ1n) is 9.40. The number of amides is 1. The van der Waals surface area contributed by atoms with E-state index >= 15 is 4.39 Å². The van der Waals surface area contributed by atoms with Crippen LogP contribution in [0.25, 0.3) is 5.57 Å². The summed E-state index contributed by atoms with van der Waals surface area (Å²) < 4.78 is 15.0. The summed E-state index contributed by atoms with van der Waals surface area (Å²) in [5.74, 6) is -0.758. The van der Waals surface area contributed by atoms with E-state index in [-0.39, 0.29) is 42.0 Å². The van der Waals surface area contributed by atoms with Gasteiger partial charge in [0.2, 0.25) is 0 Å². The number of nitrogens with zero attached hydrogens (tertiary/aromatic N) is 2. The van der Waals surface area contributed by atoms with Gasteiger partial charge in [-0.25, -0.2) is 9.37 Å². The van der Waals surface area contributed by atoms with Gasteiger partial charge >= 0.3 is 0 Å². The number of carbonyl (C=O) groups excluding carboxylic acids is 1. The first-order chi connectivity index (χ1) is 12.9. The molecule has 27 heavy (non-hydrogen) atoms. The average molecular weight is 374 g/mol. The number of allylic oxidation sites excluding steroid dienone is 1. The lowest BCUT2D eigenvalue weighted by atomic mass is 9.91. The van der Waals surface area contributed by atoms with Crippen molar-refractivity contribution in [1.82, 2.24) is 10.3 Å². The first kappa shape index (κ1) is 19.3. The number of carbonyl (C=O) groups is 1. The van der Waals surface area contributed by atoms with Crippen LogP contribution in [0.4, 0.5) is 10.2 Å². The van der Waals surface area contributed by atoms with Crippen LogP contribution in [0.2, 0.25) is 0 Å². The van der Waals surface area contributed by atoms with Gasteiger partial charge in [0.25, 0.3) is 5.91 Å². The molecular formula is C19H27FN6O. The van der Waals surface area contributed by atoms with Crippen LogP contribution >= 0.6 is 0 Å². The topological polar surface area (TPSA) is 118 Å². The third kappa shape index (κ3) is 3.95. The van der Waals surface area contributed by atoms with Gasteiger partial charge in [-0.3, -0.25) is 9.79 Å². The molecular weight excluding hydrogens is 347 g/mol. The van der Waals surface area contributed by atoms with Crippen molar-refractivity contribution in [2.45, 2.75) is 64.2 Å². The van der Waals surface area contributed by atoms with E-state index in [4.69, 9.17) is 11.5 Å². The van der Waals surface area contributed by atoms with Gasteiger partial charge in [0.15, 0.2) is 11.6 Å². The van der Waals surface area contributed by atoms with E-state index in [9.17, 15) is 4.79 Å². The molecule has 0 aromatic carbocycles. The van der Waals surface area contributed by atoms with Gasteiger partial charge in [-0.05, 0) is 26.7 Å². The van der Waals surface area contributed by atoms with Crippen molar-refractivity contribution in [3.05, 3.63) is 28.8 Å². The van der Waals surface area contributed by atoms with Crippen LogP contribution in [0.15, 0.2) is 11.2 Å². The minimum absolute atomic E-state index is 0.0497. The van der Waals surface area contributed by atoms with Crippen LogP contribution < -0.4 is 22.1 Å². The van der Waals surface area contributed by atoms with E-state index in [2.05, 4.69) is 20.6 Å². The zero-order valence-electron chi connectivity index (χ0n) is 15.8. The highest BCUT2D eigenvalue weighted by Crippen LogP contribution is 2.31. The number of pyridine rings is 1. The molecule has 0 saturated heterocycles. The second-order valence-electron chi connectivity index (χ2n) is 7.35. The third-order valence-corrected chi connectivity index (χ3v) is 4.99. The fourth-order valence-electron chi connectivity index (χ4n) is 3.51. The van der Waals surface area contributed by atoms with Gasteiger partial charge in [0, 0.05) is 48.2 Å². The second kappa shape index (κ2) is 8.04. The molecule has 2 atom stereocenters. The maximum Gasteiger partial charge on any atom is 0.254 e. The van der Waals surface area contributed by atoms with Crippen molar-refractivity contribution >= 4 is 23.5 Å². The van der Waals surface area contributed by atoms with Crippen LogP contribution in [-0.2, 0) is 6.54 Å². The summed E-state index contributed by atoms with van der Waals surface area (Å²) in [5.41, 5.74) is 13.3. The molecule has 2 unspecified atom stereocenters. The number of hydrogen-bond donors (Lipinski definition) is 4. The zero-order valence-corrected chi connectivity index (χ0v) is 15.8. The molecule has 1 fully saturated rings. The number of nitrogens with one attached hydrogen (secondary N) is 2. The molecule has 7 nitrogen and oxygen atoms in total. The molecule has 1 amide bonds. The highest BCUT2D eigenvalue weighted by molar-refractivity contribution is 6.14. The number of nitrogens with two attached hydrogens (primary N) is 2. The first-order valence-corrected chi connectivity index (χ1v) is 9.40. The monoisotopic (exact) mass is 374 g/mol. The van der Waals surface area contributed by atoms with E-state index in [1.165, 1.54) is 6.20 Å². The van der Waals surface area contributed by atoms with Gasteiger partial charge in [0.1, 0.15) is 0 Å². The number of fused-ring (bicyclic) bond motifs is 1. The van der Waals surface area contributed by atoms with Gasteiger partial charge in [-0.15, -0.1) is 0 Å². The Kier molecular flexibility index (Phi) is 5.74. The van der Waals surface area contributed by atoms with Crippen molar-refractivity contribution in [3.8, 4) is 0 Å². The van der Waals surface area contributed by atoms with E-state index in [1.807, 2.05) is 13.8 Å². The van der Waals surface area contributed by atoms with Crippen LogP contribution in [0.1, 0.15) is 61.1 Å². The highest BCUT2D eigenvalue weighted by Gasteiger charge is 2.32. The molecule has 3 rings (SSSR count). The predicted octanol–water partition coefficient (Wildman–Crippen LogP) is 1.92. The summed E-state index contributed by atoms with van der Waals surface area (Å²) in [4.78, 5) is 21.0. The van der Waals surface area contributed by atoms with Gasteiger partial charge in [0.05, 0.1) is 11.3 Å². The summed E-state index contributed by atoms with van der Waals surface area (Å²) in [7, 11) is 0. The highest BCUT2D eigenvalue weighted by atomic mass is 19.1. The lowest BCUT2D eigenvalue weighted by Crippen LogP contribution is -2.43.